The van der Waals surface area contributed by atoms with Crippen LogP contribution < -0.4 is 10.6 Å². The Labute approximate surface area is 106 Å². The maximum atomic E-state index is 12.0. The zero-order chi connectivity index (χ0) is 13.0. The van der Waals surface area contributed by atoms with Crippen LogP contribution in [0, 0.1) is 0 Å². The molecule has 1 atom stereocenters. The van der Waals surface area contributed by atoms with Crippen molar-refractivity contribution >= 4 is 17.5 Å². The summed E-state index contributed by atoms with van der Waals surface area (Å²) in [7, 11) is 0. The van der Waals surface area contributed by atoms with Crippen molar-refractivity contribution in [1.82, 2.24) is 10.2 Å². The number of rotatable bonds is 2. The first kappa shape index (κ1) is 12.6. The number of anilines is 1. The second kappa shape index (κ2) is 5.64. The number of benzene rings is 1. The van der Waals surface area contributed by atoms with E-state index < -0.39 is 0 Å². The Morgan fingerprint density at radius 3 is 2.72 bits per heavy atom. The second-order valence-electron chi connectivity index (χ2n) is 4.33. The van der Waals surface area contributed by atoms with Gasteiger partial charge in [0, 0.05) is 32.2 Å². The molecular formula is C13H17N3O2. The van der Waals surface area contributed by atoms with Crippen molar-refractivity contribution in [3.05, 3.63) is 30.3 Å². The maximum Gasteiger partial charge on any atom is 0.243 e. The fourth-order valence-corrected chi connectivity index (χ4v) is 1.96. The van der Waals surface area contributed by atoms with Crippen LogP contribution in [0.1, 0.15) is 6.92 Å². The van der Waals surface area contributed by atoms with Gasteiger partial charge in [-0.05, 0) is 12.1 Å². The highest BCUT2D eigenvalue weighted by Crippen LogP contribution is 2.07. The number of hydrogen-bond donors (Lipinski definition) is 2. The van der Waals surface area contributed by atoms with Gasteiger partial charge in [0.2, 0.25) is 11.8 Å². The molecule has 0 spiro atoms. The quantitative estimate of drug-likeness (QED) is 0.797. The zero-order valence-corrected chi connectivity index (χ0v) is 10.3. The first-order valence-corrected chi connectivity index (χ1v) is 6.01. The number of nitrogens with one attached hydrogen (secondary N) is 2. The number of hydrogen-bond acceptors (Lipinski definition) is 3. The molecule has 1 aromatic carbocycles. The Kier molecular flexibility index (Phi) is 3.94. The van der Waals surface area contributed by atoms with Crippen LogP contribution in [0.2, 0.25) is 0 Å². The van der Waals surface area contributed by atoms with Crippen LogP contribution in [0.4, 0.5) is 5.69 Å². The molecule has 0 aromatic heterocycles. The van der Waals surface area contributed by atoms with E-state index in [9.17, 15) is 9.59 Å². The van der Waals surface area contributed by atoms with Crippen LogP contribution in [0.5, 0.6) is 0 Å². The van der Waals surface area contributed by atoms with E-state index in [1.54, 1.807) is 4.90 Å². The number of carbonyl (C=O) groups excluding carboxylic acids is 2. The molecule has 0 aliphatic carbocycles. The van der Waals surface area contributed by atoms with Crippen LogP contribution >= 0.6 is 0 Å². The molecule has 5 nitrogen and oxygen atoms in total. The smallest absolute Gasteiger partial charge is 0.243 e. The van der Waals surface area contributed by atoms with E-state index in [0.717, 1.165) is 5.69 Å². The van der Waals surface area contributed by atoms with Crippen molar-refractivity contribution < 1.29 is 9.59 Å². The molecule has 1 fully saturated rings. The van der Waals surface area contributed by atoms with Gasteiger partial charge in [-0.15, -0.1) is 0 Å². The first-order valence-electron chi connectivity index (χ1n) is 6.01. The highest BCUT2D eigenvalue weighted by atomic mass is 16.2. The topological polar surface area (TPSA) is 61.4 Å². The minimum Gasteiger partial charge on any atom is -0.340 e. The van der Waals surface area contributed by atoms with Crippen LogP contribution in [0.15, 0.2) is 30.3 Å². The lowest BCUT2D eigenvalue weighted by atomic mass is 10.2. The molecule has 1 heterocycles. The molecule has 1 aromatic rings. The highest BCUT2D eigenvalue weighted by Gasteiger charge is 2.26. The molecule has 1 saturated heterocycles. The van der Waals surface area contributed by atoms with E-state index in [1.807, 2.05) is 30.3 Å². The summed E-state index contributed by atoms with van der Waals surface area (Å²) in [5.41, 5.74) is 0.768. The molecule has 0 radical (unpaired) electrons. The van der Waals surface area contributed by atoms with Gasteiger partial charge in [-0.25, -0.2) is 0 Å². The van der Waals surface area contributed by atoms with Gasteiger partial charge in [-0.1, -0.05) is 18.2 Å². The lowest BCUT2D eigenvalue weighted by Gasteiger charge is -2.32. The van der Waals surface area contributed by atoms with Gasteiger partial charge in [-0.3, -0.25) is 9.59 Å². The molecule has 0 saturated carbocycles. The minimum atomic E-state index is -0.345. The number of nitrogens with zero attached hydrogens (tertiary/aromatic N) is 1. The van der Waals surface area contributed by atoms with Crippen molar-refractivity contribution in [1.29, 1.82) is 0 Å². The number of carbonyl (C=O) groups is 2. The zero-order valence-electron chi connectivity index (χ0n) is 10.3. The molecule has 96 valence electrons. The maximum absolute atomic E-state index is 12.0. The second-order valence-corrected chi connectivity index (χ2v) is 4.33. The summed E-state index contributed by atoms with van der Waals surface area (Å²) in [6.45, 7) is 3.25. The van der Waals surface area contributed by atoms with Crippen molar-refractivity contribution in [2.45, 2.75) is 13.0 Å². The van der Waals surface area contributed by atoms with Crippen molar-refractivity contribution in [2.24, 2.45) is 0 Å². The van der Waals surface area contributed by atoms with E-state index in [0.29, 0.717) is 19.6 Å². The monoisotopic (exact) mass is 247 g/mol. The molecule has 2 amide bonds. The summed E-state index contributed by atoms with van der Waals surface area (Å²) in [5.74, 6) is -0.0961. The Hall–Kier alpha value is -1.88. The van der Waals surface area contributed by atoms with Gasteiger partial charge in [0.25, 0.3) is 0 Å². The van der Waals surface area contributed by atoms with E-state index in [-0.39, 0.29) is 17.9 Å². The Morgan fingerprint density at radius 2 is 2.06 bits per heavy atom. The Balaban J connectivity index is 1.95. The number of para-hydroxylation sites is 1. The minimum absolute atomic E-state index is 0.00834. The Morgan fingerprint density at radius 1 is 1.33 bits per heavy atom. The van der Waals surface area contributed by atoms with Crippen molar-refractivity contribution in [2.75, 3.05) is 25.0 Å². The number of piperazine rings is 1. The fraction of sp³-hybridized carbons (Fsp3) is 0.385. The van der Waals surface area contributed by atoms with Crippen LogP contribution in [-0.4, -0.2) is 42.4 Å². The predicted octanol–water partition coefficient (Wildman–Crippen LogP) is 0.445. The predicted molar refractivity (Wildman–Crippen MR) is 69.1 cm³/mol. The summed E-state index contributed by atoms with van der Waals surface area (Å²) in [6.07, 6.45) is 0. The van der Waals surface area contributed by atoms with Crippen LogP contribution in [0.3, 0.4) is 0 Å². The average molecular weight is 247 g/mol. The van der Waals surface area contributed by atoms with E-state index in [1.165, 1.54) is 6.92 Å². The fourth-order valence-electron chi connectivity index (χ4n) is 1.96. The van der Waals surface area contributed by atoms with E-state index in [2.05, 4.69) is 10.6 Å². The van der Waals surface area contributed by atoms with Gasteiger partial charge in [-0.2, -0.15) is 0 Å². The molecule has 2 N–H and O–H groups in total. The van der Waals surface area contributed by atoms with E-state index >= 15 is 0 Å². The van der Waals surface area contributed by atoms with E-state index in [4.69, 9.17) is 0 Å². The number of amides is 2. The molecule has 2 rings (SSSR count). The van der Waals surface area contributed by atoms with Crippen molar-refractivity contribution in [3.63, 3.8) is 0 Å². The molecule has 18 heavy (non-hydrogen) atoms. The third-order valence-corrected chi connectivity index (χ3v) is 2.98. The van der Waals surface area contributed by atoms with Gasteiger partial charge >= 0.3 is 0 Å². The summed E-state index contributed by atoms with van der Waals surface area (Å²) < 4.78 is 0. The molecular weight excluding hydrogens is 230 g/mol. The average Bonchev–Trinajstić information content (AvgIpc) is 2.40. The lowest BCUT2D eigenvalue weighted by molar-refractivity contribution is -0.131. The molecule has 5 heteroatoms. The molecule has 1 aliphatic rings. The highest BCUT2D eigenvalue weighted by molar-refractivity contribution is 5.95. The third-order valence-electron chi connectivity index (χ3n) is 2.98. The lowest BCUT2D eigenvalue weighted by Crippen LogP contribution is -2.56. The van der Waals surface area contributed by atoms with Gasteiger partial charge in [0.15, 0.2) is 0 Å². The normalized spacial score (nSPS) is 19.4. The van der Waals surface area contributed by atoms with Crippen LogP contribution in [0.25, 0.3) is 0 Å². The third kappa shape index (κ3) is 3.07. The Bertz CT molecular complexity index is 433. The summed E-state index contributed by atoms with van der Waals surface area (Å²) in [6, 6.07) is 8.96. The standard InChI is InChI=1S/C13H17N3O2/c1-10(17)16-8-7-14-12(9-16)13(18)15-11-5-3-2-4-6-11/h2-6,12,14H,7-9H2,1H3,(H,15,18)/t12-/m1/s1. The molecule has 1 aliphatic heterocycles. The van der Waals surface area contributed by atoms with Crippen LogP contribution in [-0.2, 0) is 9.59 Å². The molecule has 0 bridgehead atoms. The van der Waals surface area contributed by atoms with Gasteiger partial charge in [0.05, 0.1) is 0 Å². The summed E-state index contributed by atoms with van der Waals surface area (Å²) in [4.78, 5) is 25.0. The van der Waals surface area contributed by atoms with Gasteiger partial charge < -0.3 is 15.5 Å². The summed E-state index contributed by atoms with van der Waals surface area (Å²) >= 11 is 0. The van der Waals surface area contributed by atoms with Crippen molar-refractivity contribution in [3.8, 4) is 0 Å². The largest absolute Gasteiger partial charge is 0.340 e. The molecule has 0 unspecified atom stereocenters. The van der Waals surface area contributed by atoms with Gasteiger partial charge in [0.1, 0.15) is 6.04 Å². The first-order chi connectivity index (χ1) is 8.66. The summed E-state index contributed by atoms with van der Waals surface area (Å²) in [5, 5.41) is 5.95. The SMILES string of the molecule is CC(=O)N1CCN[C@@H](C(=O)Nc2ccccc2)C1.